The van der Waals surface area contributed by atoms with E-state index in [1.165, 1.54) is 12.3 Å². The Kier molecular flexibility index (Phi) is 4.14. The molecule has 2 aromatic heterocycles. The number of rotatable bonds is 3. The highest BCUT2D eigenvalue weighted by molar-refractivity contribution is 6.30. The van der Waals surface area contributed by atoms with Gasteiger partial charge in [0.05, 0.1) is 17.6 Å². The van der Waals surface area contributed by atoms with Gasteiger partial charge in [-0.05, 0) is 36.8 Å². The molecule has 0 bridgehead atoms. The number of nitrogens with zero attached hydrogens (tertiary/aromatic N) is 3. The van der Waals surface area contributed by atoms with Crippen molar-refractivity contribution >= 4 is 17.6 Å². The fourth-order valence-corrected chi connectivity index (χ4v) is 2.37. The van der Waals surface area contributed by atoms with Gasteiger partial charge in [-0.15, -0.1) is 0 Å². The summed E-state index contributed by atoms with van der Waals surface area (Å²) in [5.41, 5.74) is 1.15. The van der Waals surface area contributed by atoms with Crippen molar-refractivity contribution in [2.24, 2.45) is 0 Å². The lowest BCUT2D eigenvalue weighted by Crippen LogP contribution is -2.27. The summed E-state index contributed by atoms with van der Waals surface area (Å²) >= 11 is 5.87. The number of carbonyl (C=O) groups is 1. The Labute approximate surface area is 142 Å². The molecule has 0 saturated heterocycles. The number of carboxylic acids is 1. The number of pyridine rings is 1. The number of aromatic nitrogens is 3. The first kappa shape index (κ1) is 15.9. The van der Waals surface area contributed by atoms with Gasteiger partial charge in [0, 0.05) is 16.8 Å². The third-order valence-corrected chi connectivity index (χ3v) is 3.64. The third-order valence-electron chi connectivity index (χ3n) is 3.39. The van der Waals surface area contributed by atoms with E-state index in [1.807, 2.05) is 6.92 Å². The van der Waals surface area contributed by atoms with Gasteiger partial charge in [0.25, 0.3) is 5.56 Å². The maximum Gasteiger partial charge on any atom is 0.341 e. The van der Waals surface area contributed by atoms with E-state index in [1.54, 1.807) is 36.5 Å². The maximum absolute atomic E-state index is 12.4. The highest BCUT2D eigenvalue weighted by atomic mass is 35.5. The molecule has 0 aliphatic heterocycles. The molecule has 0 radical (unpaired) electrons. The Bertz CT molecular complexity index is 981. The van der Waals surface area contributed by atoms with E-state index < -0.39 is 11.5 Å². The number of hydrogen-bond donors (Lipinski definition) is 1. The van der Waals surface area contributed by atoms with Crippen molar-refractivity contribution in [2.75, 3.05) is 0 Å². The number of aromatic carboxylic acids is 1. The van der Waals surface area contributed by atoms with Crippen molar-refractivity contribution in [1.82, 2.24) is 14.8 Å². The summed E-state index contributed by atoms with van der Waals surface area (Å²) in [4.78, 5) is 27.9. The van der Waals surface area contributed by atoms with Crippen LogP contribution in [0.15, 0.2) is 53.6 Å². The van der Waals surface area contributed by atoms with Gasteiger partial charge in [-0.3, -0.25) is 9.78 Å². The van der Waals surface area contributed by atoms with Gasteiger partial charge >= 0.3 is 5.97 Å². The lowest BCUT2D eigenvalue weighted by molar-refractivity contribution is 0.0694. The Balaban J connectivity index is 2.27. The zero-order valence-corrected chi connectivity index (χ0v) is 13.4. The van der Waals surface area contributed by atoms with Crippen LogP contribution in [-0.4, -0.2) is 25.8 Å². The van der Waals surface area contributed by atoms with Gasteiger partial charge in [-0.2, -0.15) is 9.78 Å². The van der Waals surface area contributed by atoms with Crippen LogP contribution in [0.4, 0.5) is 0 Å². The number of carboxylic acid groups (broad SMARTS) is 1. The highest BCUT2D eigenvalue weighted by Crippen LogP contribution is 2.20. The van der Waals surface area contributed by atoms with Crippen LogP contribution in [0.25, 0.3) is 16.9 Å². The molecule has 0 amide bonds. The molecule has 1 aromatic carbocycles. The number of hydrogen-bond acceptors (Lipinski definition) is 4. The molecule has 24 heavy (non-hydrogen) atoms. The minimum absolute atomic E-state index is 0.352. The molecule has 6 nitrogen and oxygen atoms in total. The molecular weight excluding hydrogens is 330 g/mol. The third kappa shape index (κ3) is 3.04. The van der Waals surface area contributed by atoms with Crippen molar-refractivity contribution in [1.29, 1.82) is 0 Å². The number of benzene rings is 1. The van der Waals surface area contributed by atoms with E-state index in [0.717, 1.165) is 10.2 Å². The smallest absolute Gasteiger partial charge is 0.341 e. The van der Waals surface area contributed by atoms with Gasteiger partial charge in [0.1, 0.15) is 5.56 Å². The molecule has 0 atom stereocenters. The molecule has 0 saturated carbocycles. The van der Waals surface area contributed by atoms with Gasteiger partial charge in [-0.1, -0.05) is 23.7 Å². The van der Waals surface area contributed by atoms with Crippen LogP contribution in [0.2, 0.25) is 5.02 Å². The summed E-state index contributed by atoms with van der Waals surface area (Å²) in [7, 11) is 0. The second kappa shape index (κ2) is 6.25. The average molecular weight is 342 g/mol. The molecule has 0 aliphatic carbocycles. The zero-order chi connectivity index (χ0) is 17.3. The van der Waals surface area contributed by atoms with Gasteiger partial charge in [-0.25, -0.2) is 4.79 Å². The summed E-state index contributed by atoms with van der Waals surface area (Å²) < 4.78 is 1.05. The molecule has 1 N–H and O–H groups in total. The molecule has 3 rings (SSSR count). The molecule has 0 spiro atoms. The van der Waals surface area contributed by atoms with Crippen molar-refractivity contribution in [3.8, 4) is 16.9 Å². The van der Waals surface area contributed by atoms with Gasteiger partial charge < -0.3 is 5.11 Å². The summed E-state index contributed by atoms with van der Waals surface area (Å²) in [6.45, 7) is 1.82. The summed E-state index contributed by atoms with van der Waals surface area (Å²) in [6.07, 6.45) is 3.09. The van der Waals surface area contributed by atoms with Crippen LogP contribution in [0.3, 0.4) is 0 Å². The maximum atomic E-state index is 12.4. The minimum atomic E-state index is -1.31. The van der Waals surface area contributed by atoms with E-state index in [0.29, 0.717) is 22.0 Å². The summed E-state index contributed by atoms with van der Waals surface area (Å²) in [5, 5.41) is 14.2. The van der Waals surface area contributed by atoms with E-state index >= 15 is 0 Å². The standard InChI is InChI=1S/C17H12ClN3O3/c1-10-6-13(9-19-8-10)21-16(22)14(17(23)24)7-15(20-21)11-2-4-12(18)5-3-11/h2-9H,1H3,(H,23,24). The van der Waals surface area contributed by atoms with Crippen molar-refractivity contribution in [3.05, 3.63) is 75.3 Å². The Morgan fingerprint density at radius 2 is 1.88 bits per heavy atom. The quantitative estimate of drug-likeness (QED) is 0.791. The monoisotopic (exact) mass is 341 g/mol. The SMILES string of the molecule is Cc1cncc(-n2nc(-c3ccc(Cl)cc3)cc(C(=O)O)c2=O)c1. The molecule has 0 fully saturated rings. The number of aryl methyl sites for hydroxylation is 1. The van der Waals surface area contributed by atoms with Crippen LogP contribution in [0, 0.1) is 6.92 Å². The predicted molar refractivity (Wildman–Crippen MR) is 89.8 cm³/mol. The summed E-state index contributed by atoms with van der Waals surface area (Å²) in [5.74, 6) is -1.31. The lowest BCUT2D eigenvalue weighted by atomic mass is 10.1. The predicted octanol–water partition coefficient (Wildman–Crippen LogP) is 2.95. The first-order valence-electron chi connectivity index (χ1n) is 7.01. The van der Waals surface area contributed by atoms with E-state index in [4.69, 9.17) is 11.6 Å². The molecule has 0 aliphatic rings. The first-order valence-corrected chi connectivity index (χ1v) is 7.39. The molecular formula is C17H12ClN3O3. The van der Waals surface area contributed by atoms with Crippen LogP contribution in [-0.2, 0) is 0 Å². The first-order chi connectivity index (χ1) is 11.5. The fourth-order valence-electron chi connectivity index (χ4n) is 2.24. The normalized spacial score (nSPS) is 10.6. The highest BCUT2D eigenvalue weighted by Gasteiger charge is 2.16. The molecule has 7 heteroatoms. The molecule has 120 valence electrons. The lowest BCUT2D eigenvalue weighted by Gasteiger charge is -2.09. The van der Waals surface area contributed by atoms with E-state index in [9.17, 15) is 14.7 Å². The number of halogens is 1. The van der Waals surface area contributed by atoms with Gasteiger partial charge in [0.15, 0.2) is 0 Å². The Hall–Kier alpha value is -2.99. The van der Waals surface area contributed by atoms with Crippen molar-refractivity contribution in [2.45, 2.75) is 6.92 Å². The minimum Gasteiger partial charge on any atom is -0.477 e. The van der Waals surface area contributed by atoms with E-state index in [2.05, 4.69) is 10.1 Å². The van der Waals surface area contributed by atoms with E-state index in [-0.39, 0.29) is 5.56 Å². The second-order valence-electron chi connectivity index (χ2n) is 5.19. The topological polar surface area (TPSA) is 85.1 Å². The fraction of sp³-hybridized carbons (Fsp3) is 0.0588. The largest absolute Gasteiger partial charge is 0.477 e. The average Bonchev–Trinajstić information content (AvgIpc) is 2.55. The second-order valence-corrected chi connectivity index (χ2v) is 5.63. The molecule has 2 heterocycles. The van der Waals surface area contributed by atoms with Crippen molar-refractivity contribution in [3.63, 3.8) is 0 Å². The van der Waals surface area contributed by atoms with Crippen LogP contribution >= 0.6 is 11.6 Å². The van der Waals surface area contributed by atoms with Gasteiger partial charge in [0.2, 0.25) is 0 Å². The Morgan fingerprint density at radius 3 is 2.50 bits per heavy atom. The van der Waals surface area contributed by atoms with Crippen molar-refractivity contribution < 1.29 is 9.90 Å². The Morgan fingerprint density at radius 1 is 1.17 bits per heavy atom. The van der Waals surface area contributed by atoms with Crippen LogP contribution < -0.4 is 5.56 Å². The molecule has 3 aromatic rings. The van der Waals surface area contributed by atoms with Crippen LogP contribution in [0.1, 0.15) is 15.9 Å². The zero-order valence-electron chi connectivity index (χ0n) is 12.6. The molecule has 0 unspecified atom stereocenters. The summed E-state index contributed by atoms with van der Waals surface area (Å²) in [6, 6.07) is 9.72. The van der Waals surface area contributed by atoms with Crippen LogP contribution in [0.5, 0.6) is 0 Å².